The van der Waals surface area contributed by atoms with Crippen LogP contribution in [-0.2, 0) is 13.8 Å². The van der Waals surface area contributed by atoms with Crippen molar-refractivity contribution in [2.45, 2.75) is 37.8 Å². The van der Waals surface area contributed by atoms with E-state index in [9.17, 15) is 22.0 Å². The summed E-state index contributed by atoms with van der Waals surface area (Å²) >= 11 is 0. The highest BCUT2D eigenvalue weighted by Crippen LogP contribution is 2.31. The zero-order valence-corrected chi connectivity index (χ0v) is 13.1. The highest BCUT2D eigenvalue weighted by atomic mass is 35.7. The average Bonchev–Trinajstić information content (AvgIpc) is 2.29. The molecule has 0 aromatic heterocycles. The third-order valence-electron chi connectivity index (χ3n) is 2.33. The number of nitrogens with one attached hydrogen (secondary N) is 1. The fraction of sp³-hybridized carbons (Fsp3) is 0.417. The van der Waals surface area contributed by atoms with Crippen molar-refractivity contribution in [3.8, 4) is 5.75 Å². The van der Waals surface area contributed by atoms with Crippen LogP contribution in [0.1, 0.15) is 20.8 Å². The molecule has 1 atom stereocenters. The molecule has 0 saturated heterocycles. The van der Waals surface area contributed by atoms with E-state index in [2.05, 4.69) is 5.32 Å². The van der Waals surface area contributed by atoms with Crippen LogP contribution in [0.15, 0.2) is 17.0 Å². The van der Waals surface area contributed by atoms with Crippen molar-refractivity contribution in [2.24, 2.45) is 0 Å². The van der Waals surface area contributed by atoms with Gasteiger partial charge in [0.05, 0.1) is 0 Å². The lowest BCUT2D eigenvalue weighted by molar-refractivity contribution is -0.127. The second-order valence-corrected chi connectivity index (χ2v) is 7.11. The van der Waals surface area contributed by atoms with Crippen LogP contribution in [0.2, 0.25) is 0 Å². The molecule has 1 rings (SSSR count). The third-order valence-corrected chi connectivity index (χ3v) is 3.66. The SMILES string of the molecule is CC(C)NC(=O)C(C)Oc1c(F)cc(F)cc1S(=O)(=O)Cl. The second-order valence-electron chi connectivity index (χ2n) is 4.58. The lowest BCUT2D eigenvalue weighted by Crippen LogP contribution is -2.40. The predicted octanol–water partition coefficient (Wildman–Crippen LogP) is 2.18. The maximum atomic E-state index is 13.7. The van der Waals surface area contributed by atoms with Crippen LogP contribution in [0.25, 0.3) is 0 Å². The molecule has 1 unspecified atom stereocenters. The van der Waals surface area contributed by atoms with E-state index >= 15 is 0 Å². The summed E-state index contributed by atoms with van der Waals surface area (Å²) in [5, 5.41) is 2.51. The Bertz CT molecular complexity index is 649. The molecule has 5 nitrogen and oxygen atoms in total. The fourth-order valence-corrected chi connectivity index (χ4v) is 2.43. The van der Waals surface area contributed by atoms with Crippen LogP contribution in [0.5, 0.6) is 5.75 Å². The van der Waals surface area contributed by atoms with Crippen LogP contribution >= 0.6 is 10.7 Å². The van der Waals surface area contributed by atoms with Crippen LogP contribution in [0.3, 0.4) is 0 Å². The molecule has 1 N–H and O–H groups in total. The summed E-state index contributed by atoms with van der Waals surface area (Å²) in [5.41, 5.74) is 0. The second kappa shape index (κ2) is 6.57. The van der Waals surface area contributed by atoms with E-state index in [-0.39, 0.29) is 6.04 Å². The molecule has 0 heterocycles. The minimum absolute atomic E-state index is 0.183. The van der Waals surface area contributed by atoms with Crippen molar-refractivity contribution in [1.82, 2.24) is 5.32 Å². The zero-order valence-electron chi connectivity index (χ0n) is 11.5. The molecule has 0 spiro atoms. The first-order valence-corrected chi connectivity index (χ1v) is 8.24. The van der Waals surface area contributed by atoms with Gasteiger partial charge in [-0.1, -0.05) is 0 Å². The number of hydrogen-bond donors (Lipinski definition) is 1. The highest BCUT2D eigenvalue weighted by Gasteiger charge is 2.26. The van der Waals surface area contributed by atoms with Crippen molar-refractivity contribution in [3.05, 3.63) is 23.8 Å². The Labute approximate surface area is 125 Å². The first-order valence-electron chi connectivity index (χ1n) is 5.93. The minimum Gasteiger partial charge on any atom is -0.476 e. The molecular weight excluding hydrogens is 328 g/mol. The number of carbonyl (C=O) groups is 1. The van der Waals surface area contributed by atoms with Gasteiger partial charge in [-0.2, -0.15) is 0 Å². The monoisotopic (exact) mass is 341 g/mol. The smallest absolute Gasteiger partial charge is 0.265 e. The number of benzene rings is 1. The van der Waals surface area contributed by atoms with E-state index < -0.39 is 43.3 Å². The number of halogens is 3. The molecule has 0 aliphatic rings. The van der Waals surface area contributed by atoms with Gasteiger partial charge in [0.1, 0.15) is 10.7 Å². The number of rotatable bonds is 5. The Morgan fingerprint density at radius 1 is 1.29 bits per heavy atom. The molecule has 1 amide bonds. The lowest BCUT2D eigenvalue weighted by Gasteiger charge is -2.18. The Balaban J connectivity index is 3.17. The van der Waals surface area contributed by atoms with Gasteiger partial charge >= 0.3 is 0 Å². The van der Waals surface area contributed by atoms with Crippen molar-refractivity contribution >= 4 is 25.6 Å². The fourth-order valence-electron chi connectivity index (χ4n) is 1.46. The molecule has 1 aromatic rings. The van der Waals surface area contributed by atoms with Crippen LogP contribution < -0.4 is 10.1 Å². The molecule has 1 aromatic carbocycles. The molecule has 0 saturated carbocycles. The van der Waals surface area contributed by atoms with Gasteiger partial charge in [-0.25, -0.2) is 17.2 Å². The van der Waals surface area contributed by atoms with Crippen LogP contribution in [-0.4, -0.2) is 26.5 Å². The van der Waals surface area contributed by atoms with Gasteiger partial charge in [-0.3, -0.25) is 4.79 Å². The Morgan fingerprint density at radius 2 is 1.86 bits per heavy atom. The molecule has 21 heavy (non-hydrogen) atoms. The summed E-state index contributed by atoms with van der Waals surface area (Å²) in [6, 6.07) is 0.778. The summed E-state index contributed by atoms with van der Waals surface area (Å²) in [7, 11) is 0.676. The number of carbonyl (C=O) groups excluding carboxylic acids is 1. The third kappa shape index (κ3) is 4.82. The molecule has 0 aliphatic carbocycles. The summed E-state index contributed by atoms with van der Waals surface area (Å²) in [6.45, 7) is 4.71. The maximum absolute atomic E-state index is 13.7. The van der Waals surface area contributed by atoms with Crippen LogP contribution in [0, 0.1) is 11.6 Å². The summed E-state index contributed by atoms with van der Waals surface area (Å²) < 4.78 is 54.5. The van der Waals surface area contributed by atoms with Gasteiger partial charge < -0.3 is 10.1 Å². The van der Waals surface area contributed by atoms with E-state index in [1.807, 2.05) is 0 Å². The van der Waals surface area contributed by atoms with E-state index in [4.69, 9.17) is 15.4 Å². The van der Waals surface area contributed by atoms with Crippen molar-refractivity contribution < 1.29 is 26.7 Å². The minimum atomic E-state index is -4.44. The highest BCUT2D eigenvalue weighted by molar-refractivity contribution is 8.13. The topological polar surface area (TPSA) is 72.5 Å². The summed E-state index contributed by atoms with van der Waals surface area (Å²) in [6.07, 6.45) is -1.19. The maximum Gasteiger partial charge on any atom is 0.265 e. The van der Waals surface area contributed by atoms with Gasteiger partial charge in [0, 0.05) is 22.8 Å². The summed E-state index contributed by atoms with van der Waals surface area (Å²) in [4.78, 5) is 10.8. The van der Waals surface area contributed by atoms with Crippen LogP contribution in [0.4, 0.5) is 8.78 Å². The zero-order chi connectivity index (χ0) is 16.4. The van der Waals surface area contributed by atoms with E-state index in [1.54, 1.807) is 13.8 Å². The Morgan fingerprint density at radius 3 is 2.33 bits per heavy atom. The number of ether oxygens (including phenoxy) is 1. The van der Waals surface area contributed by atoms with Crippen molar-refractivity contribution in [3.63, 3.8) is 0 Å². The molecule has 0 fully saturated rings. The van der Waals surface area contributed by atoms with E-state index in [0.29, 0.717) is 12.1 Å². The van der Waals surface area contributed by atoms with Gasteiger partial charge in [-0.15, -0.1) is 0 Å². The standard InChI is InChI=1S/C12H14ClF2NO4S/c1-6(2)16-12(17)7(3)20-11-9(15)4-8(14)5-10(11)21(13,18)19/h4-7H,1-3H3,(H,16,17). The average molecular weight is 342 g/mol. The molecule has 0 aliphatic heterocycles. The van der Waals surface area contributed by atoms with Gasteiger partial charge in [0.15, 0.2) is 17.7 Å². The molecule has 0 radical (unpaired) electrons. The van der Waals surface area contributed by atoms with Crippen molar-refractivity contribution in [2.75, 3.05) is 0 Å². The van der Waals surface area contributed by atoms with E-state index in [1.165, 1.54) is 6.92 Å². The first kappa shape index (κ1) is 17.6. The van der Waals surface area contributed by atoms with Gasteiger partial charge in [0.25, 0.3) is 15.0 Å². The number of hydrogen-bond acceptors (Lipinski definition) is 4. The van der Waals surface area contributed by atoms with Gasteiger partial charge in [-0.05, 0) is 26.8 Å². The first-order chi connectivity index (χ1) is 9.52. The quantitative estimate of drug-likeness (QED) is 0.833. The molecule has 118 valence electrons. The summed E-state index contributed by atoms with van der Waals surface area (Å²) in [5.74, 6) is -3.76. The predicted molar refractivity (Wildman–Crippen MR) is 72.8 cm³/mol. The normalized spacial score (nSPS) is 13.1. The molecule has 9 heteroatoms. The van der Waals surface area contributed by atoms with E-state index in [0.717, 1.165) is 0 Å². The molecular formula is C12H14ClF2NO4S. The Kier molecular flexibility index (Phi) is 5.52. The largest absolute Gasteiger partial charge is 0.476 e. The Hall–Kier alpha value is -1.41. The molecule has 0 bridgehead atoms. The number of amides is 1. The van der Waals surface area contributed by atoms with Crippen molar-refractivity contribution in [1.29, 1.82) is 0 Å². The lowest BCUT2D eigenvalue weighted by atomic mass is 10.3. The van der Waals surface area contributed by atoms with Gasteiger partial charge in [0.2, 0.25) is 0 Å².